The number of anilines is 3. The molecule has 2 aromatic rings. The van der Waals surface area contributed by atoms with Gasteiger partial charge >= 0.3 is 0 Å². The summed E-state index contributed by atoms with van der Waals surface area (Å²) < 4.78 is 0. The van der Waals surface area contributed by atoms with Gasteiger partial charge in [-0.25, -0.2) is 9.97 Å². The van der Waals surface area contributed by atoms with Crippen molar-refractivity contribution in [3.8, 4) is 0 Å². The molecule has 2 heterocycles. The summed E-state index contributed by atoms with van der Waals surface area (Å²) in [6.45, 7) is 4.11. The molecule has 1 aliphatic heterocycles. The Kier molecular flexibility index (Phi) is 2.85. The molecule has 4 nitrogen and oxygen atoms in total. The SMILES string of the molecule is Cc1nc2c(c(N(C)c3ccccc3)n1)CC(C)N2. The highest BCUT2D eigenvalue weighted by molar-refractivity contribution is 5.69. The van der Waals surface area contributed by atoms with Gasteiger partial charge in [-0.2, -0.15) is 0 Å². The Bertz CT molecular complexity index is 595. The zero-order valence-electron chi connectivity index (χ0n) is 11.5. The summed E-state index contributed by atoms with van der Waals surface area (Å²) in [5.41, 5.74) is 2.35. The summed E-state index contributed by atoms with van der Waals surface area (Å²) in [5, 5.41) is 3.41. The molecule has 19 heavy (non-hydrogen) atoms. The number of aryl methyl sites for hydroxylation is 1. The van der Waals surface area contributed by atoms with Gasteiger partial charge in [-0.15, -0.1) is 0 Å². The average molecular weight is 254 g/mol. The molecule has 98 valence electrons. The molecule has 0 saturated carbocycles. The Morgan fingerprint density at radius 3 is 2.68 bits per heavy atom. The van der Waals surface area contributed by atoms with Gasteiger partial charge in [-0.1, -0.05) is 18.2 Å². The zero-order chi connectivity index (χ0) is 13.4. The molecule has 1 aromatic heterocycles. The molecule has 0 radical (unpaired) electrons. The third-order valence-electron chi connectivity index (χ3n) is 3.45. The fraction of sp³-hybridized carbons (Fsp3) is 0.333. The monoisotopic (exact) mass is 254 g/mol. The van der Waals surface area contributed by atoms with Gasteiger partial charge in [-0.05, 0) is 32.4 Å². The molecule has 1 atom stereocenters. The van der Waals surface area contributed by atoms with Crippen molar-refractivity contribution in [3.63, 3.8) is 0 Å². The van der Waals surface area contributed by atoms with E-state index in [-0.39, 0.29) is 0 Å². The fourth-order valence-corrected chi connectivity index (χ4v) is 2.53. The van der Waals surface area contributed by atoms with E-state index in [2.05, 4.69) is 46.3 Å². The Morgan fingerprint density at radius 2 is 1.95 bits per heavy atom. The second kappa shape index (κ2) is 4.53. The van der Waals surface area contributed by atoms with E-state index in [9.17, 15) is 0 Å². The maximum absolute atomic E-state index is 4.63. The number of hydrogen-bond donors (Lipinski definition) is 1. The number of benzene rings is 1. The molecule has 1 aromatic carbocycles. The van der Waals surface area contributed by atoms with Gasteiger partial charge in [0, 0.05) is 24.3 Å². The highest BCUT2D eigenvalue weighted by atomic mass is 15.2. The molecule has 0 aliphatic carbocycles. The molecule has 0 amide bonds. The van der Waals surface area contributed by atoms with Crippen LogP contribution in [0.4, 0.5) is 17.3 Å². The number of fused-ring (bicyclic) bond motifs is 1. The smallest absolute Gasteiger partial charge is 0.141 e. The maximum atomic E-state index is 4.63. The lowest BCUT2D eigenvalue weighted by molar-refractivity contribution is 0.835. The molecule has 0 spiro atoms. The Labute approximate surface area is 113 Å². The molecule has 3 rings (SSSR count). The topological polar surface area (TPSA) is 41.1 Å². The van der Waals surface area contributed by atoms with E-state index >= 15 is 0 Å². The lowest BCUT2D eigenvalue weighted by Crippen LogP contribution is -2.14. The molecular weight excluding hydrogens is 236 g/mol. The van der Waals surface area contributed by atoms with E-state index in [0.717, 1.165) is 29.6 Å². The van der Waals surface area contributed by atoms with Crippen LogP contribution in [0.3, 0.4) is 0 Å². The van der Waals surface area contributed by atoms with Crippen molar-refractivity contribution in [1.82, 2.24) is 9.97 Å². The first-order valence-electron chi connectivity index (χ1n) is 6.58. The van der Waals surface area contributed by atoms with E-state index in [1.54, 1.807) is 0 Å². The summed E-state index contributed by atoms with van der Waals surface area (Å²) >= 11 is 0. The number of rotatable bonds is 2. The largest absolute Gasteiger partial charge is 0.367 e. The quantitative estimate of drug-likeness (QED) is 0.894. The normalized spacial score (nSPS) is 16.9. The van der Waals surface area contributed by atoms with Gasteiger partial charge in [0.15, 0.2) is 0 Å². The first-order valence-corrected chi connectivity index (χ1v) is 6.58. The van der Waals surface area contributed by atoms with Crippen LogP contribution in [-0.2, 0) is 6.42 Å². The molecule has 0 bridgehead atoms. The first kappa shape index (κ1) is 12.0. The van der Waals surface area contributed by atoms with Crippen LogP contribution in [0.15, 0.2) is 30.3 Å². The molecular formula is C15H18N4. The predicted octanol–water partition coefficient (Wildman–Crippen LogP) is 2.91. The number of hydrogen-bond acceptors (Lipinski definition) is 4. The second-order valence-electron chi connectivity index (χ2n) is 5.07. The van der Waals surface area contributed by atoms with Crippen LogP contribution in [0.1, 0.15) is 18.3 Å². The minimum absolute atomic E-state index is 0.425. The molecule has 0 fully saturated rings. The highest BCUT2D eigenvalue weighted by Crippen LogP contribution is 2.33. The average Bonchev–Trinajstić information content (AvgIpc) is 2.78. The van der Waals surface area contributed by atoms with Crippen LogP contribution in [0, 0.1) is 6.92 Å². The van der Waals surface area contributed by atoms with Crippen LogP contribution in [0.25, 0.3) is 0 Å². The summed E-state index contributed by atoms with van der Waals surface area (Å²) in [5.74, 6) is 2.79. The van der Waals surface area contributed by atoms with E-state index < -0.39 is 0 Å². The first-order chi connectivity index (χ1) is 9.15. The van der Waals surface area contributed by atoms with Gasteiger partial charge in [-0.3, -0.25) is 0 Å². The van der Waals surface area contributed by atoms with Crippen LogP contribution in [0.2, 0.25) is 0 Å². The number of aromatic nitrogens is 2. The Morgan fingerprint density at radius 1 is 1.21 bits per heavy atom. The Balaban J connectivity index is 2.06. The zero-order valence-corrected chi connectivity index (χ0v) is 11.5. The van der Waals surface area contributed by atoms with Crippen molar-refractivity contribution >= 4 is 17.3 Å². The minimum atomic E-state index is 0.425. The van der Waals surface area contributed by atoms with E-state index in [1.165, 1.54) is 5.56 Å². The third kappa shape index (κ3) is 2.14. The van der Waals surface area contributed by atoms with Crippen molar-refractivity contribution in [2.24, 2.45) is 0 Å². The van der Waals surface area contributed by atoms with Crippen LogP contribution >= 0.6 is 0 Å². The lowest BCUT2D eigenvalue weighted by Gasteiger charge is -2.21. The molecule has 1 N–H and O–H groups in total. The molecule has 0 saturated heterocycles. The minimum Gasteiger partial charge on any atom is -0.367 e. The van der Waals surface area contributed by atoms with Crippen LogP contribution in [-0.4, -0.2) is 23.1 Å². The summed E-state index contributed by atoms with van der Waals surface area (Å²) in [6, 6.07) is 10.7. The number of para-hydroxylation sites is 1. The van der Waals surface area contributed by atoms with Gasteiger partial charge in [0.05, 0.1) is 0 Å². The highest BCUT2D eigenvalue weighted by Gasteiger charge is 2.25. The van der Waals surface area contributed by atoms with Gasteiger partial charge < -0.3 is 10.2 Å². The lowest BCUT2D eigenvalue weighted by atomic mass is 10.1. The van der Waals surface area contributed by atoms with Crippen molar-refractivity contribution in [2.75, 3.05) is 17.3 Å². The van der Waals surface area contributed by atoms with E-state index in [0.29, 0.717) is 6.04 Å². The van der Waals surface area contributed by atoms with Gasteiger partial charge in [0.1, 0.15) is 17.5 Å². The molecule has 1 unspecified atom stereocenters. The van der Waals surface area contributed by atoms with Crippen molar-refractivity contribution in [1.29, 1.82) is 0 Å². The van der Waals surface area contributed by atoms with E-state index in [1.807, 2.05) is 25.1 Å². The fourth-order valence-electron chi connectivity index (χ4n) is 2.53. The summed E-state index contributed by atoms with van der Waals surface area (Å²) in [4.78, 5) is 11.3. The van der Waals surface area contributed by atoms with Gasteiger partial charge in [0.25, 0.3) is 0 Å². The molecule has 1 aliphatic rings. The summed E-state index contributed by atoms with van der Waals surface area (Å²) in [6.07, 6.45) is 0.974. The third-order valence-corrected chi connectivity index (χ3v) is 3.45. The van der Waals surface area contributed by atoms with Crippen molar-refractivity contribution in [2.45, 2.75) is 26.3 Å². The number of nitrogens with zero attached hydrogens (tertiary/aromatic N) is 3. The maximum Gasteiger partial charge on any atom is 0.141 e. The van der Waals surface area contributed by atoms with Gasteiger partial charge in [0.2, 0.25) is 0 Å². The molecule has 4 heteroatoms. The number of nitrogens with one attached hydrogen (secondary N) is 1. The second-order valence-corrected chi connectivity index (χ2v) is 5.07. The standard InChI is InChI=1S/C15H18N4/c1-10-9-13-14(16-10)17-11(2)18-15(13)19(3)12-7-5-4-6-8-12/h4-8,10H,9H2,1-3H3,(H,16,17,18). The Hall–Kier alpha value is -2.10. The van der Waals surface area contributed by atoms with Crippen LogP contribution in [0.5, 0.6) is 0 Å². The van der Waals surface area contributed by atoms with Crippen LogP contribution < -0.4 is 10.2 Å². The van der Waals surface area contributed by atoms with Crippen molar-refractivity contribution in [3.05, 3.63) is 41.7 Å². The van der Waals surface area contributed by atoms with E-state index in [4.69, 9.17) is 0 Å². The predicted molar refractivity (Wildman–Crippen MR) is 78.1 cm³/mol. The summed E-state index contributed by atoms with van der Waals surface area (Å²) in [7, 11) is 2.06. The van der Waals surface area contributed by atoms with Crippen molar-refractivity contribution < 1.29 is 0 Å².